The zero-order chi connectivity index (χ0) is 21.1. The second-order valence-corrected chi connectivity index (χ2v) is 9.15. The predicted molar refractivity (Wildman–Crippen MR) is 124 cm³/mol. The lowest BCUT2D eigenvalue weighted by molar-refractivity contribution is 0.198. The van der Waals surface area contributed by atoms with Crippen molar-refractivity contribution in [2.24, 2.45) is 5.92 Å². The number of likely N-dealkylation sites (tertiary alicyclic amines) is 1. The number of nitrogens with zero attached hydrogens (tertiary/aromatic N) is 3. The number of aromatic nitrogens is 2. The van der Waals surface area contributed by atoms with E-state index in [1.807, 2.05) is 24.3 Å². The first-order chi connectivity index (χ1) is 14.5. The maximum atomic E-state index is 6.05. The van der Waals surface area contributed by atoms with Crippen molar-refractivity contribution in [1.29, 1.82) is 0 Å². The van der Waals surface area contributed by atoms with Gasteiger partial charge in [-0.2, -0.15) is 0 Å². The van der Waals surface area contributed by atoms with Crippen LogP contribution in [-0.2, 0) is 13.2 Å². The third-order valence-electron chi connectivity index (χ3n) is 6.42. The Bertz CT molecular complexity index is 996. The van der Waals surface area contributed by atoms with Gasteiger partial charge >= 0.3 is 0 Å². The van der Waals surface area contributed by atoms with Gasteiger partial charge in [0, 0.05) is 18.1 Å². The molecule has 1 unspecified atom stereocenters. The molecule has 0 saturated carbocycles. The fourth-order valence-corrected chi connectivity index (χ4v) is 4.69. The van der Waals surface area contributed by atoms with E-state index in [-0.39, 0.29) is 0 Å². The Hall–Kier alpha value is -2.04. The molecule has 5 heteroatoms. The van der Waals surface area contributed by atoms with Crippen LogP contribution in [0.1, 0.15) is 42.6 Å². The standard InChI is InChI=1S/C25H32ClN3O/c1-18-8-13-23-25(19(18)2)27-24(17-30-22-11-9-21(26)10-12-22)29(23)15-5-7-20-6-4-14-28(3)16-20/h8-13,20H,4-7,14-17H2,1-3H3. The van der Waals surface area contributed by atoms with Crippen LogP contribution in [0.4, 0.5) is 0 Å². The van der Waals surface area contributed by atoms with Crippen molar-refractivity contribution in [3.63, 3.8) is 0 Å². The molecule has 2 heterocycles. The lowest BCUT2D eigenvalue weighted by Gasteiger charge is -2.29. The van der Waals surface area contributed by atoms with Crippen molar-refractivity contribution < 1.29 is 4.74 Å². The summed E-state index contributed by atoms with van der Waals surface area (Å²) in [4.78, 5) is 7.46. The topological polar surface area (TPSA) is 30.3 Å². The minimum atomic E-state index is 0.459. The molecule has 3 aromatic rings. The molecule has 0 aliphatic carbocycles. The van der Waals surface area contributed by atoms with Crippen LogP contribution in [0.3, 0.4) is 0 Å². The van der Waals surface area contributed by atoms with Crippen molar-refractivity contribution in [2.75, 3.05) is 20.1 Å². The lowest BCUT2D eigenvalue weighted by Crippen LogP contribution is -2.32. The molecule has 160 valence electrons. The maximum absolute atomic E-state index is 6.05. The second-order valence-electron chi connectivity index (χ2n) is 8.71. The maximum Gasteiger partial charge on any atom is 0.148 e. The number of fused-ring (bicyclic) bond motifs is 1. The Kier molecular flexibility index (Phi) is 6.64. The Morgan fingerprint density at radius 3 is 2.70 bits per heavy atom. The van der Waals surface area contributed by atoms with Crippen LogP contribution in [0.25, 0.3) is 11.0 Å². The van der Waals surface area contributed by atoms with Gasteiger partial charge in [0.05, 0.1) is 11.0 Å². The van der Waals surface area contributed by atoms with Crippen LogP contribution < -0.4 is 4.74 Å². The van der Waals surface area contributed by atoms with Gasteiger partial charge in [-0.3, -0.25) is 0 Å². The molecule has 4 rings (SSSR count). The zero-order valence-corrected chi connectivity index (χ0v) is 19.1. The van der Waals surface area contributed by atoms with Gasteiger partial charge < -0.3 is 14.2 Å². The van der Waals surface area contributed by atoms with Crippen molar-refractivity contribution in [2.45, 2.75) is 52.7 Å². The smallest absolute Gasteiger partial charge is 0.148 e. The summed E-state index contributed by atoms with van der Waals surface area (Å²) in [6, 6.07) is 11.9. The van der Waals surface area contributed by atoms with E-state index < -0.39 is 0 Å². The third-order valence-corrected chi connectivity index (χ3v) is 6.67. The SMILES string of the molecule is Cc1ccc2c(nc(COc3ccc(Cl)cc3)n2CCCC2CCCN(C)C2)c1C. The molecule has 1 aliphatic rings. The normalized spacial score (nSPS) is 17.5. The number of aryl methyl sites for hydroxylation is 3. The average Bonchev–Trinajstić information content (AvgIpc) is 3.09. The first kappa shape index (κ1) is 21.2. The van der Waals surface area contributed by atoms with Crippen molar-refractivity contribution in [1.82, 2.24) is 14.5 Å². The molecule has 30 heavy (non-hydrogen) atoms. The molecular weight excluding hydrogens is 394 g/mol. The summed E-state index contributed by atoms with van der Waals surface area (Å²) in [5, 5.41) is 0.717. The van der Waals surface area contributed by atoms with Crippen molar-refractivity contribution >= 4 is 22.6 Å². The summed E-state index contributed by atoms with van der Waals surface area (Å²) in [6.45, 7) is 8.23. The Labute approximate surface area is 184 Å². The fraction of sp³-hybridized carbons (Fsp3) is 0.480. The molecule has 1 aliphatic heterocycles. The number of benzene rings is 2. The van der Waals surface area contributed by atoms with E-state index in [9.17, 15) is 0 Å². The van der Waals surface area contributed by atoms with Crippen LogP contribution in [-0.4, -0.2) is 34.6 Å². The summed E-state index contributed by atoms with van der Waals surface area (Å²) in [6.07, 6.45) is 5.13. The summed E-state index contributed by atoms with van der Waals surface area (Å²) >= 11 is 5.99. The third kappa shape index (κ3) is 4.81. The minimum Gasteiger partial charge on any atom is -0.486 e. The van der Waals surface area contributed by atoms with Crippen LogP contribution >= 0.6 is 11.6 Å². The van der Waals surface area contributed by atoms with Crippen LogP contribution in [0.2, 0.25) is 5.02 Å². The van der Waals surface area contributed by atoms with Gasteiger partial charge in [0.15, 0.2) is 0 Å². The van der Waals surface area contributed by atoms with Crippen molar-refractivity contribution in [3.8, 4) is 5.75 Å². The Balaban J connectivity index is 1.52. The first-order valence-electron chi connectivity index (χ1n) is 11.0. The molecule has 0 N–H and O–H groups in total. The quantitative estimate of drug-likeness (QED) is 0.464. The minimum absolute atomic E-state index is 0.459. The largest absolute Gasteiger partial charge is 0.486 e. The molecule has 1 atom stereocenters. The van der Waals surface area contributed by atoms with Gasteiger partial charge in [-0.15, -0.1) is 0 Å². The molecule has 1 saturated heterocycles. The van der Waals surface area contributed by atoms with Gasteiger partial charge in [-0.1, -0.05) is 17.7 Å². The van der Waals surface area contributed by atoms with E-state index in [0.717, 1.165) is 29.6 Å². The summed E-state index contributed by atoms with van der Waals surface area (Å²) in [7, 11) is 2.24. The van der Waals surface area contributed by atoms with Crippen LogP contribution in [0.5, 0.6) is 5.75 Å². The number of rotatable bonds is 7. The van der Waals surface area contributed by atoms with E-state index in [0.29, 0.717) is 11.6 Å². The lowest BCUT2D eigenvalue weighted by atomic mass is 9.94. The second kappa shape index (κ2) is 9.40. The molecule has 1 aromatic heterocycles. The van der Waals surface area contributed by atoms with Gasteiger partial charge in [-0.05, 0) is 100 Å². The molecule has 0 radical (unpaired) electrons. The van der Waals surface area contributed by atoms with Gasteiger partial charge in [0.1, 0.15) is 18.2 Å². The Morgan fingerprint density at radius 1 is 1.13 bits per heavy atom. The molecule has 4 nitrogen and oxygen atoms in total. The average molecular weight is 426 g/mol. The van der Waals surface area contributed by atoms with E-state index in [4.69, 9.17) is 21.3 Å². The molecule has 2 aromatic carbocycles. The van der Waals surface area contributed by atoms with E-state index in [2.05, 4.69) is 42.5 Å². The molecular formula is C25H32ClN3O. The number of ether oxygens (including phenoxy) is 1. The number of hydrogen-bond donors (Lipinski definition) is 0. The number of piperidine rings is 1. The number of imidazole rings is 1. The fourth-order valence-electron chi connectivity index (χ4n) is 4.56. The van der Waals surface area contributed by atoms with Crippen molar-refractivity contribution in [3.05, 3.63) is 58.4 Å². The monoisotopic (exact) mass is 425 g/mol. The number of hydrogen-bond acceptors (Lipinski definition) is 3. The van der Waals surface area contributed by atoms with Gasteiger partial charge in [0.25, 0.3) is 0 Å². The highest BCUT2D eigenvalue weighted by Crippen LogP contribution is 2.26. The van der Waals surface area contributed by atoms with E-state index in [1.165, 1.54) is 55.4 Å². The first-order valence-corrected chi connectivity index (χ1v) is 11.4. The molecule has 1 fully saturated rings. The molecule has 0 spiro atoms. The highest BCUT2D eigenvalue weighted by atomic mass is 35.5. The van der Waals surface area contributed by atoms with Gasteiger partial charge in [0.2, 0.25) is 0 Å². The Morgan fingerprint density at radius 2 is 1.93 bits per heavy atom. The highest BCUT2D eigenvalue weighted by molar-refractivity contribution is 6.30. The van der Waals surface area contributed by atoms with Crippen LogP contribution in [0.15, 0.2) is 36.4 Å². The summed E-state index contributed by atoms with van der Waals surface area (Å²) in [5.74, 6) is 2.63. The number of halogens is 1. The summed E-state index contributed by atoms with van der Waals surface area (Å²) < 4.78 is 8.41. The highest BCUT2D eigenvalue weighted by Gasteiger charge is 2.18. The van der Waals surface area contributed by atoms with Gasteiger partial charge in [-0.25, -0.2) is 4.98 Å². The van der Waals surface area contributed by atoms with Crippen LogP contribution in [0, 0.1) is 19.8 Å². The molecule has 0 bridgehead atoms. The molecule has 0 amide bonds. The zero-order valence-electron chi connectivity index (χ0n) is 18.3. The predicted octanol–water partition coefficient (Wildman–Crippen LogP) is 6.01. The van der Waals surface area contributed by atoms with E-state index in [1.54, 1.807) is 0 Å². The van der Waals surface area contributed by atoms with E-state index >= 15 is 0 Å². The summed E-state index contributed by atoms with van der Waals surface area (Å²) in [5.41, 5.74) is 4.85.